The number of carbonyl (C=O) groups is 1. The molecular weight excluding hydrogens is 264 g/mol. The summed E-state index contributed by atoms with van der Waals surface area (Å²) in [6.07, 6.45) is 0.995. The zero-order chi connectivity index (χ0) is 15.2. The molecule has 2 rings (SSSR count). The SMILES string of the molecule is COCC1CCN(C(=O)c2ccc(C)cc2C#CCN)C1. The van der Waals surface area contributed by atoms with Crippen molar-refractivity contribution in [3.8, 4) is 11.8 Å². The number of nitrogens with zero attached hydrogens (tertiary/aromatic N) is 1. The number of amides is 1. The van der Waals surface area contributed by atoms with E-state index in [-0.39, 0.29) is 5.91 Å². The number of aryl methyl sites for hydroxylation is 1. The van der Waals surface area contributed by atoms with Gasteiger partial charge in [0.2, 0.25) is 0 Å². The van der Waals surface area contributed by atoms with Crippen LogP contribution in [0, 0.1) is 24.7 Å². The maximum atomic E-state index is 12.7. The highest BCUT2D eigenvalue weighted by atomic mass is 16.5. The number of benzene rings is 1. The molecule has 1 aromatic carbocycles. The molecule has 112 valence electrons. The van der Waals surface area contributed by atoms with E-state index >= 15 is 0 Å². The third-order valence-corrected chi connectivity index (χ3v) is 3.71. The zero-order valence-electron chi connectivity index (χ0n) is 12.7. The number of hydrogen-bond donors (Lipinski definition) is 1. The Balaban J connectivity index is 2.19. The number of hydrogen-bond acceptors (Lipinski definition) is 3. The average Bonchev–Trinajstić information content (AvgIpc) is 2.93. The molecule has 21 heavy (non-hydrogen) atoms. The molecule has 1 amide bonds. The number of nitrogens with two attached hydrogens (primary N) is 1. The molecule has 1 aliphatic heterocycles. The monoisotopic (exact) mass is 286 g/mol. The first kappa shape index (κ1) is 15.6. The molecule has 0 radical (unpaired) electrons. The molecule has 2 N–H and O–H groups in total. The van der Waals surface area contributed by atoms with Crippen molar-refractivity contribution in [2.75, 3.05) is 33.4 Å². The lowest BCUT2D eigenvalue weighted by Crippen LogP contribution is -2.29. The molecule has 0 spiro atoms. The molecule has 1 heterocycles. The lowest BCUT2D eigenvalue weighted by atomic mass is 10.0. The van der Waals surface area contributed by atoms with Crippen LogP contribution in [0.25, 0.3) is 0 Å². The minimum absolute atomic E-state index is 0.0509. The Kier molecular flexibility index (Phi) is 5.38. The third kappa shape index (κ3) is 3.84. The second-order valence-corrected chi connectivity index (χ2v) is 5.42. The fourth-order valence-corrected chi connectivity index (χ4v) is 2.65. The standard InChI is InChI=1S/C17H22N2O2/c1-13-5-6-16(15(10-13)4-3-8-18)17(20)19-9-7-14(11-19)12-21-2/h5-6,10,14H,7-9,11-12,18H2,1-2H3. The molecule has 0 saturated carbocycles. The van der Waals surface area contributed by atoms with Crippen LogP contribution in [0.2, 0.25) is 0 Å². The van der Waals surface area contributed by atoms with E-state index in [9.17, 15) is 4.79 Å². The third-order valence-electron chi connectivity index (χ3n) is 3.71. The minimum atomic E-state index is 0.0509. The lowest BCUT2D eigenvalue weighted by molar-refractivity contribution is 0.0775. The highest BCUT2D eigenvalue weighted by molar-refractivity contribution is 5.97. The van der Waals surface area contributed by atoms with E-state index in [1.54, 1.807) is 7.11 Å². The Morgan fingerprint density at radius 1 is 1.52 bits per heavy atom. The topological polar surface area (TPSA) is 55.6 Å². The largest absolute Gasteiger partial charge is 0.384 e. The first-order chi connectivity index (χ1) is 10.2. The summed E-state index contributed by atoms with van der Waals surface area (Å²) in [5.74, 6) is 6.33. The zero-order valence-corrected chi connectivity index (χ0v) is 12.7. The van der Waals surface area contributed by atoms with Crippen LogP contribution in [-0.2, 0) is 4.74 Å². The van der Waals surface area contributed by atoms with Crippen LogP contribution < -0.4 is 5.73 Å². The van der Waals surface area contributed by atoms with Crippen molar-refractivity contribution >= 4 is 5.91 Å². The maximum absolute atomic E-state index is 12.7. The van der Waals surface area contributed by atoms with Gasteiger partial charge in [-0.2, -0.15) is 0 Å². The van der Waals surface area contributed by atoms with Crippen molar-refractivity contribution in [2.45, 2.75) is 13.3 Å². The van der Waals surface area contributed by atoms with Gasteiger partial charge in [-0.05, 0) is 31.0 Å². The number of ether oxygens (including phenoxy) is 1. The van der Waals surface area contributed by atoms with Crippen molar-refractivity contribution in [2.24, 2.45) is 11.7 Å². The lowest BCUT2D eigenvalue weighted by Gasteiger charge is -2.17. The van der Waals surface area contributed by atoms with Crippen molar-refractivity contribution in [1.29, 1.82) is 0 Å². The van der Waals surface area contributed by atoms with Gasteiger partial charge in [-0.1, -0.05) is 17.9 Å². The van der Waals surface area contributed by atoms with Crippen LogP contribution in [0.5, 0.6) is 0 Å². The Hall–Kier alpha value is -1.83. The predicted octanol–water partition coefficient (Wildman–Crippen LogP) is 1.41. The van der Waals surface area contributed by atoms with Gasteiger partial charge in [-0.15, -0.1) is 0 Å². The summed E-state index contributed by atoms with van der Waals surface area (Å²) >= 11 is 0. The molecule has 0 bridgehead atoms. The molecule has 1 aromatic rings. The van der Waals surface area contributed by atoms with Gasteiger partial charge in [0, 0.05) is 31.7 Å². The van der Waals surface area contributed by atoms with E-state index in [0.29, 0.717) is 24.6 Å². The summed E-state index contributed by atoms with van der Waals surface area (Å²) in [5, 5.41) is 0. The molecule has 1 unspecified atom stereocenters. The summed E-state index contributed by atoms with van der Waals surface area (Å²) in [6, 6.07) is 5.75. The first-order valence-corrected chi connectivity index (χ1v) is 7.23. The van der Waals surface area contributed by atoms with Crippen LogP contribution >= 0.6 is 0 Å². The number of rotatable bonds is 3. The summed E-state index contributed by atoms with van der Waals surface area (Å²) < 4.78 is 5.18. The van der Waals surface area contributed by atoms with Crippen LogP contribution in [0.4, 0.5) is 0 Å². The average molecular weight is 286 g/mol. The highest BCUT2D eigenvalue weighted by Crippen LogP contribution is 2.21. The minimum Gasteiger partial charge on any atom is -0.384 e. The predicted molar refractivity (Wildman–Crippen MR) is 83.0 cm³/mol. The van der Waals surface area contributed by atoms with Crippen LogP contribution in [0.15, 0.2) is 18.2 Å². The van der Waals surface area contributed by atoms with Gasteiger partial charge >= 0.3 is 0 Å². The van der Waals surface area contributed by atoms with Crippen molar-refractivity contribution in [3.63, 3.8) is 0 Å². The summed E-state index contributed by atoms with van der Waals surface area (Å²) in [5.41, 5.74) is 7.95. The molecule has 1 aliphatic rings. The number of carbonyl (C=O) groups excluding carboxylic acids is 1. The van der Waals surface area contributed by atoms with Crippen molar-refractivity contribution in [3.05, 3.63) is 34.9 Å². The normalized spacial score (nSPS) is 17.5. The van der Waals surface area contributed by atoms with Crippen LogP contribution in [-0.4, -0.2) is 44.2 Å². The van der Waals surface area contributed by atoms with Crippen molar-refractivity contribution < 1.29 is 9.53 Å². The van der Waals surface area contributed by atoms with E-state index in [0.717, 1.165) is 30.6 Å². The molecule has 4 nitrogen and oxygen atoms in total. The Morgan fingerprint density at radius 3 is 3.05 bits per heavy atom. The Morgan fingerprint density at radius 2 is 2.33 bits per heavy atom. The van der Waals surface area contributed by atoms with Crippen LogP contribution in [0.1, 0.15) is 27.9 Å². The second-order valence-electron chi connectivity index (χ2n) is 5.42. The quantitative estimate of drug-likeness (QED) is 0.855. The van der Waals surface area contributed by atoms with Crippen LogP contribution in [0.3, 0.4) is 0 Å². The second kappa shape index (κ2) is 7.26. The summed E-state index contributed by atoms with van der Waals surface area (Å²) in [7, 11) is 1.70. The fourth-order valence-electron chi connectivity index (χ4n) is 2.65. The van der Waals surface area contributed by atoms with Gasteiger partial charge in [0.05, 0.1) is 18.7 Å². The van der Waals surface area contributed by atoms with E-state index < -0.39 is 0 Å². The van der Waals surface area contributed by atoms with Gasteiger partial charge in [0.25, 0.3) is 5.91 Å². The van der Waals surface area contributed by atoms with E-state index in [1.165, 1.54) is 0 Å². The molecule has 0 aliphatic carbocycles. The molecule has 4 heteroatoms. The summed E-state index contributed by atoms with van der Waals surface area (Å²) in [6.45, 7) is 4.53. The van der Waals surface area contributed by atoms with E-state index in [4.69, 9.17) is 10.5 Å². The van der Waals surface area contributed by atoms with Gasteiger partial charge < -0.3 is 15.4 Å². The Labute approximate surface area is 126 Å². The van der Waals surface area contributed by atoms with Crippen molar-refractivity contribution in [1.82, 2.24) is 4.90 Å². The maximum Gasteiger partial charge on any atom is 0.255 e. The molecule has 0 aromatic heterocycles. The first-order valence-electron chi connectivity index (χ1n) is 7.23. The molecule has 1 atom stereocenters. The smallest absolute Gasteiger partial charge is 0.255 e. The van der Waals surface area contributed by atoms with E-state index in [1.807, 2.05) is 30.0 Å². The summed E-state index contributed by atoms with van der Waals surface area (Å²) in [4.78, 5) is 14.6. The van der Waals surface area contributed by atoms with E-state index in [2.05, 4.69) is 11.8 Å². The molecule has 1 saturated heterocycles. The van der Waals surface area contributed by atoms with Gasteiger partial charge in [0.1, 0.15) is 0 Å². The fraction of sp³-hybridized carbons (Fsp3) is 0.471. The number of likely N-dealkylation sites (tertiary alicyclic amines) is 1. The number of methoxy groups -OCH3 is 1. The Bertz CT molecular complexity index is 572. The molecule has 1 fully saturated rings. The molecular formula is C17H22N2O2. The highest BCUT2D eigenvalue weighted by Gasteiger charge is 2.27. The van der Waals surface area contributed by atoms with Gasteiger partial charge in [-0.25, -0.2) is 0 Å². The van der Waals surface area contributed by atoms with Gasteiger partial charge in [0.15, 0.2) is 0 Å². The van der Waals surface area contributed by atoms with Gasteiger partial charge in [-0.3, -0.25) is 4.79 Å².